The Labute approximate surface area is 609 Å². The number of fused-ring (bicyclic) bond motifs is 1. The molecule has 1 aromatic carbocycles. The minimum atomic E-state index is -1.03. The Morgan fingerprint density at radius 2 is 1.17 bits per heavy atom. The fourth-order valence-electron chi connectivity index (χ4n) is 11.8. The summed E-state index contributed by atoms with van der Waals surface area (Å²) < 4.78 is 61.8. The third kappa shape index (κ3) is 40.9. The summed E-state index contributed by atoms with van der Waals surface area (Å²) in [5.74, 6) is 9.24. The van der Waals surface area contributed by atoms with Crippen LogP contribution in [0, 0.1) is 53.3 Å². The van der Waals surface area contributed by atoms with Gasteiger partial charge in [-0.15, -0.1) is 11.8 Å². The van der Waals surface area contributed by atoms with Gasteiger partial charge >= 0.3 is 18.0 Å². The zero-order valence-corrected chi connectivity index (χ0v) is 61.9. The van der Waals surface area contributed by atoms with Crippen LogP contribution in [0.5, 0.6) is 0 Å². The first-order chi connectivity index (χ1) is 49.9. The molecule has 0 bridgehead atoms. The topological polar surface area (TPSA) is 380 Å². The number of Topliss-reactive ketones (excluding diaryl/α,β-unsaturated/α-hetero) is 3. The van der Waals surface area contributed by atoms with Crippen LogP contribution in [0.25, 0.3) is 0 Å². The quantitative estimate of drug-likeness (QED) is 0.0129. The van der Waals surface area contributed by atoms with Crippen molar-refractivity contribution in [1.82, 2.24) is 16.0 Å². The number of carbonyl (C=O) groups excluding carboxylic acids is 9. The van der Waals surface area contributed by atoms with Gasteiger partial charge in [0.1, 0.15) is 36.6 Å². The average Bonchev–Trinajstić information content (AvgIpc) is 1.61. The minimum Gasteiger partial charge on any atom is -0.465 e. The van der Waals surface area contributed by atoms with Gasteiger partial charge in [-0.2, -0.15) is 5.10 Å². The van der Waals surface area contributed by atoms with Gasteiger partial charge in [0, 0.05) is 82.2 Å². The Balaban J connectivity index is 1.24. The molecule has 103 heavy (non-hydrogen) atoms. The lowest BCUT2D eigenvalue weighted by atomic mass is 9.88. The van der Waals surface area contributed by atoms with E-state index < -0.39 is 53.5 Å². The van der Waals surface area contributed by atoms with Crippen LogP contribution in [-0.4, -0.2) is 215 Å². The fourth-order valence-corrected chi connectivity index (χ4v) is 11.8. The molecule has 0 radical (unpaired) electrons. The number of aliphatic imine (C=N–C) groups is 1. The van der Waals surface area contributed by atoms with Gasteiger partial charge in [-0.05, 0) is 112 Å². The van der Waals surface area contributed by atoms with Gasteiger partial charge in [0.15, 0.2) is 5.78 Å². The van der Waals surface area contributed by atoms with Crippen LogP contribution in [-0.2, 0) is 97.1 Å². The van der Waals surface area contributed by atoms with E-state index in [0.717, 1.165) is 44.9 Å². The number of anilines is 1. The number of amides is 5. The van der Waals surface area contributed by atoms with Crippen LogP contribution in [0.15, 0.2) is 34.4 Å². The zero-order valence-electron chi connectivity index (χ0n) is 61.9. The lowest BCUT2D eigenvalue weighted by Crippen LogP contribution is -2.48. The van der Waals surface area contributed by atoms with Crippen molar-refractivity contribution in [3.8, 4) is 11.8 Å². The number of hydrogen-bond acceptors (Lipinski definition) is 23. The summed E-state index contributed by atoms with van der Waals surface area (Å²) in [4.78, 5) is 121. The van der Waals surface area contributed by atoms with E-state index in [1.54, 1.807) is 52.0 Å². The molecule has 4 rings (SSSR count). The molecule has 580 valence electrons. The number of unbranched alkanes of at least 4 members (excludes halogenated alkanes) is 1. The molecule has 0 spiro atoms. The monoisotopic (exact) mass is 1450 g/mol. The predicted molar refractivity (Wildman–Crippen MR) is 387 cm³/mol. The van der Waals surface area contributed by atoms with Gasteiger partial charge < -0.3 is 84.9 Å². The SMILES string of the molecule is CC(=O)CCOCCOCCOCCOCCN=C1CCCCCC(OCC(=O)NCCCC[C@@H](CC(=O)CCOCCOCCOCCOCCCC(=O)OCC2[C@H]3CCC#CCC[C@@H]23)C(=O)N[C@H](C(=O)C[C@@H](CCCNC(N)=O)C(=O)Nc2ccc(COC(=O)C(C)C)cc2)C(C)C)C1=NN. The molecule has 2 unspecified atom stereocenters. The summed E-state index contributed by atoms with van der Waals surface area (Å²) in [7, 11) is 0. The van der Waals surface area contributed by atoms with E-state index in [9.17, 15) is 43.2 Å². The number of urea groups is 1. The summed E-state index contributed by atoms with van der Waals surface area (Å²) in [5, 5.41) is 15.3. The molecule has 3 aliphatic rings. The number of ether oxygens (including phenoxy) is 11. The van der Waals surface area contributed by atoms with Crippen molar-refractivity contribution in [2.75, 3.05) is 144 Å². The highest BCUT2D eigenvalue weighted by molar-refractivity contribution is 6.44. The first-order valence-electron chi connectivity index (χ1n) is 37.2. The molecule has 0 heterocycles. The van der Waals surface area contributed by atoms with Gasteiger partial charge in [-0.1, -0.05) is 59.1 Å². The Hall–Kier alpha value is -6.81. The number of esters is 2. The first kappa shape index (κ1) is 88.6. The summed E-state index contributed by atoms with van der Waals surface area (Å²) >= 11 is 0. The number of hydrazone groups is 1. The number of primary amides is 1. The largest absolute Gasteiger partial charge is 0.465 e. The van der Waals surface area contributed by atoms with E-state index in [1.165, 1.54) is 6.92 Å². The maximum Gasteiger partial charge on any atom is 0.312 e. The van der Waals surface area contributed by atoms with Crippen molar-refractivity contribution in [3.05, 3.63) is 29.8 Å². The van der Waals surface area contributed by atoms with Crippen LogP contribution in [0.1, 0.15) is 169 Å². The molecule has 2 saturated carbocycles. The third-order valence-corrected chi connectivity index (χ3v) is 17.8. The van der Waals surface area contributed by atoms with E-state index in [1.807, 2.05) is 0 Å². The number of nitrogens with zero attached hydrogens (tertiary/aromatic N) is 2. The summed E-state index contributed by atoms with van der Waals surface area (Å²) in [6.45, 7) is 15.1. The minimum absolute atomic E-state index is 0.0151. The highest BCUT2D eigenvalue weighted by Gasteiger charge is 2.49. The smallest absolute Gasteiger partial charge is 0.312 e. The van der Waals surface area contributed by atoms with Crippen molar-refractivity contribution in [2.24, 2.45) is 63.1 Å². The Kier molecular flexibility index (Phi) is 47.1. The number of carbonyl (C=O) groups is 9. The van der Waals surface area contributed by atoms with Crippen molar-refractivity contribution in [1.29, 1.82) is 0 Å². The predicted octanol–water partition coefficient (Wildman–Crippen LogP) is 6.72. The molecule has 0 saturated heterocycles. The fraction of sp³-hybridized carbons (Fsp3) is 0.747. The lowest BCUT2D eigenvalue weighted by molar-refractivity contribution is -0.148. The van der Waals surface area contributed by atoms with Gasteiger partial charge in [-0.25, -0.2) is 4.79 Å². The Bertz CT molecular complexity index is 2780. The summed E-state index contributed by atoms with van der Waals surface area (Å²) in [5.41, 5.74) is 7.65. The second-order valence-corrected chi connectivity index (χ2v) is 26.8. The van der Waals surface area contributed by atoms with Crippen molar-refractivity contribution >= 4 is 70.2 Å². The number of nitrogens with two attached hydrogens (primary N) is 2. The maximum atomic E-state index is 14.4. The molecular formula is C75H120N8O20. The number of ketones is 3. The van der Waals surface area contributed by atoms with Gasteiger partial charge in [0.2, 0.25) is 17.7 Å². The molecule has 0 aromatic heterocycles. The highest BCUT2D eigenvalue weighted by atomic mass is 16.6. The number of nitrogens with one attached hydrogen (secondary N) is 4. The molecule has 7 atom stereocenters. The second kappa shape index (κ2) is 54.8. The standard InChI is InChI=1S/C75H120N8O20/c1-54(2)70(66(86)50-59(18-15-31-80-75(76)92)72(89)81-60-26-24-57(25-27-60)51-103-74(91)55(3)4)82-73(90)58(49-61(85)29-35-95-39-43-99-46-45-97-41-37-93-33-16-23-69(88)102-52-64-62-19-9-6-7-10-20-63(62)64)17-13-14-30-79-68(87)53-101-67-22-12-8-11-21-65(71(67)83-77)78-32-36-96-40-44-100-48-47-98-42-38-94-34-28-56(5)84/h24-27,54-55,58-59,62-64,67,70H,8-23,28-53,77H2,1-5H3,(H,79,87)(H,81,89)(H,82,90)(H3,76,80,92)/t58-,59+,62-,63+,64?,67?,70-/m0/s1. The number of rotatable bonds is 58. The van der Waals surface area contributed by atoms with E-state index >= 15 is 0 Å². The zero-order chi connectivity index (χ0) is 74.7. The number of benzene rings is 1. The lowest BCUT2D eigenvalue weighted by Gasteiger charge is -2.26. The second-order valence-electron chi connectivity index (χ2n) is 26.8. The van der Waals surface area contributed by atoms with Crippen molar-refractivity contribution in [2.45, 2.75) is 182 Å². The number of hydrogen-bond donors (Lipinski definition) is 6. The third-order valence-electron chi connectivity index (χ3n) is 17.8. The molecule has 3 aliphatic carbocycles. The van der Waals surface area contributed by atoms with Crippen LogP contribution in [0.2, 0.25) is 0 Å². The van der Waals surface area contributed by atoms with Crippen LogP contribution < -0.4 is 32.8 Å². The Morgan fingerprint density at radius 1 is 0.602 bits per heavy atom. The summed E-state index contributed by atoms with van der Waals surface area (Å²) in [6, 6.07) is 4.99. The highest BCUT2D eigenvalue weighted by Crippen LogP contribution is 2.52. The molecule has 5 amide bonds. The summed E-state index contributed by atoms with van der Waals surface area (Å²) in [6.07, 6.45) is 9.93. The van der Waals surface area contributed by atoms with Crippen molar-refractivity contribution < 1.29 is 95.3 Å². The molecule has 0 aliphatic heterocycles. The van der Waals surface area contributed by atoms with Crippen LogP contribution in [0.4, 0.5) is 10.5 Å². The Morgan fingerprint density at radius 3 is 1.77 bits per heavy atom. The maximum absolute atomic E-state index is 14.4. The normalized spacial score (nSPS) is 18.2. The molecule has 8 N–H and O–H groups in total. The van der Waals surface area contributed by atoms with E-state index in [0.29, 0.717) is 191 Å². The van der Waals surface area contributed by atoms with Crippen LogP contribution in [0.3, 0.4) is 0 Å². The molecule has 28 nitrogen and oxygen atoms in total. The van der Waals surface area contributed by atoms with E-state index in [2.05, 4.69) is 38.2 Å². The van der Waals surface area contributed by atoms with Gasteiger partial charge in [0.25, 0.3) is 0 Å². The molecular weight excluding hydrogens is 1330 g/mol. The average molecular weight is 1450 g/mol. The van der Waals surface area contributed by atoms with Crippen LogP contribution >= 0.6 is 0 Å². The molecule has 28 heteroatoms. The molecule has 2 fully saturated rings. The molecule has 1 aromatic rings. The van der Waals surface area contributed by atoms with E-state index in [-0.39, 0.29) is 114 Å². The van der Waals surface area contributed by atoms with Crippen molar-refractivity contribution in [3.63, 3.8) is 0 Å². The van der Waals surface area contributed by atoms with Gasteiger partial charge in [0.05, 0.1) is 130 Å². The van der Waals surface area contributed by atoms with E-state index in [4.69, 9.17) is 68.7 Å². The van der Waals surface area contributed by atoms with Gasteiger partial charge in [-0.3, -0.25) is 43.3 Å². The first-order valence-corrected chi connectivity index (χ1v) is 37.2.